The molecule has 0 radical (unpaired) electrons. The fraction of sp³-hybridized carbons (Fsp3) is 0.333. The minimum Gasteiger partial charge on any atom is -0.507 e. The molecule has 0 aliphatic rings. The Balaban J connectivity index is 2.60. The molecule has 1 unspecified atom stereocenters. The molecular formula is C18H26FOPSi2. The van der Waals surface area contributed by atoms with E-state index in [4.69, 9.17) is 0 Å². The van der Waals surface area contributed by atoms with Gasteiger partial charge in [-0.25, -0.2) is 4.39 Å². The molecule has 2 aromatic rings. The highest BCUT2D eigenvalue weighted by Crippen LogP contribution is 2.21. The predicted octanol–water partition coefficient (Wildman–Crippen LogP) is 3.25. The normalized spacial score (nSPS) is 13.0. The van der Waals surface area contributed by atoms with E-state index in [1.54, 1.807) is 6.07 Å². The van der Waals surface area contributed by atoms with Gasteiger partial charge in [0.05, 0.1) is 16.1 Å². The van der Waals surface area contributed by atoms with Gasteiger partial charge >= 0.3 is 0 Å². The minimum atomic E-state index is -1.67. The molecule has 0 fully saturated rings. The van der Waals surface area contributed by atoms with Crippen LogP contribution in [0.3, 0.4) is 0 Å². The van der Waals surface area contributed by atoms with Gasteiger partial charge in [-0.15, -0.1) is 0 Å². The average molecular weight is 365 g/mol. The van der Waals surface area contributed by atoms with E-state index in [9.17, 15) is 9.50 Å². The van der Waals surface area contributed by atoms with Crippen molar-refractivity contribution in [3.8, 4) is 5.75 Å². The molecule has 0 amide bonds. The molecule has 0 aliphatic heterocycles. The third-order valence-electron chi connectivity index (χ3n) is 3.93. The highest BCUT2D eigenvalue weighted by molar-refractivity contribution is 7.55. The van der Waals surface area contributed by atoms with E-state index < -0.39 is 16.1 Å². The molecule has 124 valence electrons. The Hall–Kier alpha value is -0.966. The van der Waals surface area contributed by atoms with E-state index in [-0.39, 0.29) is 14.4 Å². The van der Waals surface area contributed by atoms with Gasteiger partial charge in [-0.05, 0) is 11.3 Å². The molecule has 23 heavy (non-hydrogen) atoms. The molecular weight excluding hydrogens is 338 g/mol. The molecule has 0 spiro atoms. The summed E-state index contributed by atoms with van der Waals surface area (Å²) in [5, 5.41) is 14.8. The number of phenols is 1. The lowest BCUT2D eigenvalue weighted by Crippen LogP contribution is -2.47. The summed E-state index contributed by atoms with van der Waals surface area (Å²) in [4.78, 5) is 0. The van der Waals surface area contributed by atoms with Gasteiger partial charge in [0, 0.05) is 10.6 Å². The SMILES string of the molecule is C[Si](C)(C)c1cc(Pc2ccccc2F)c(O)c([Si](C)(C)C)c1. The van der Waals surface area contributed by atoms with Crippen LogP contribution in [0.15, 0.2) is 36.4 Å². The van der Waals surface area contributed by atoms with E-state index in [1.165, 1.54) is 11.3 Å². The summed E-state index contributed by atoms with van der Waals surface area (Å²) in [6.45, 7) is 13.7. The minimum absolute atomic E-state index is 0.145. The van der Waals surface area contributed by atoms with Crippen molar-refractivity contribution in [3.05, 3.63) is 42.2 Å². The van der Waals surface area contributed by atoms with Crippen LogP contribution in [0, 0.1) is 5.82 Å². The van der Waals surface area contributed by atoms with Crippen molar-refractivity contribution in [2.24, 2.45) is 0 Å². The number of halogens is 1. The van der Waals surface area contributed by atoms with Gasteiger partial charge in [0.1, 0.15) is 11.6 Å². The molecule has 1 nitrogen and oxygen atoms in total. The molecule has 0 bridgehead atoms. The second kappa shape index (κ2) is 6.50. The van der Waals surface area contributed by atoms with Gasteiger partial charge < -0.3 is 5.11 Å². The Morgan fingerprint density at radius 3 is 2.00 bits per heavy atom. The molecule has 0 saturated heterocycles. The number of hydrogen-bond donors (Lipinski definition) is 1. The first-order valence-corrected chi connectivity index (χ1v) is 15.9. The van der Waals surface area contributed by atoms with Crippen molar-refractivity contribution in [2.75, 3.05) is 0 Å². The van der Waals surface area contributed by atoms with Crippen LogP contribution in [0.2, 0.25) is 39.3 Å². The Kier molecular flexibility index (Phi) is 5.19. The van der Waals surface area contributed by atoms with Crippen LogP contribution in [0.1, 0.15) is 0 Å². The van der Waals surface area contributed by atoms with E-state index in [1.807, 2.05) is 12.1 Å². The van der Waals surface area contributed by atoms with Crippen LogP contribution in [0.25, 0.3) is 0 Å². The molecule has 0 heterocycles. The monoisotopic (exact) mass is 364 g/mol. The molecule has 2 aromatic carbocycles. The van der Waals surface area contributed by atoms with Crippen molar-refractivity contribution >= 4 is 45.7 Å². The lowest BCUT2D eigenvalue weighted by Gasteiger charge is -2.25. The van der Waals surface area contributed by atoms with Crippen LogP contribution < -0.4 is 21.0 Å². The van der Waals surface area contributed by atoms with Crippen LogP contribution in [0.4, 0.5) is 4.39 Å². The van der Waals surface area contributed by atoms with Crippen molar-refractivity contribution in [3.63, 3.8) is 0 Å². The van der Waals surface area contributed by atoms with Crippen molar-refractivity contribution in [2.45, 2.75) is 39.3 Å². The molecule has 1 atom stereocenters. The van der Waals surface area contributed by atoms with Crippen molar-refractivity contribution < 1.29 is 9.50 Å². The number of phenolic OH excluding ortho intramolecular Hbond substituents is 1. The highest BCUT2D eigenvalue weighted by atomic mass is 31.1. The Labute approximate surface area is 142 Å². The Bertz CT molecular complexity index is 718. The van der Waals surface area contributed by atoms with Gasteiger partial charge in [-0.3, -0.25) is 0 Å². The zero-order valence-electron chi connectivity index (χ0n) is 14.8. The Morgan fingerprint density at radius 1 is 0.870 bits per heavy atom. The first-order valence-electron chi connectivity index (χ1n) is 7.89. The van der Waals surface area contributed by atoms with Crippen LogP contribution in [-0.4, -0.2) is 21.3 Å². The average Bonchev–Trinajstić information content (AvgIpc) is 2.40. The first kappa shape index (κ1) is 18.4. The first-order chi connectivity index (χ1) is 10.5. The van der Waals surface area contributed by atoms with E-state index in [0.29, 0.717) is 11.1 Å². The maximum Gasteiger partial charge on any atom is 0.130 e. The van der Waals surface area contributed by atoms with Gasteiger partial charge in [0.25, 0.3) is 0 Å². The van der Waals surface area contributed by atoms with Crippen molar-refractivity contribution in [1.29, 1.82) is 0 Å². The molecule has 5 heteroatoms. The van der Waals surface area contributed by atoms with Gasteiger partial charge in [-0.1, -0.05) is 83.4 Å². The summed E-state index contributed by atoms with van der Waals surface area (Å²) in [7, 11) is -3.03. The van der Waals surface area contributed by atoms with Gasteiger partial charge in [0.2, 0.25) is 0 Å². The standard InChI is InChI=1S/C18H26FOPSi2/c1-22(2,3)13-11-16(18(20)17(12-13)23(4,5)6)21-15-10-8-7-9-14(15)19/h7-12,20-21H,1-6H3. The Morgan fingerprint density at radius 2 is 1.48 bits per heavy atom. The molecule has 0 saturated carbocycles. The number of benzene rings is 2. The summed E-state index contributed by atoms with van der Waals surface area (Å²) < 4.78 is 14.0. The lowest BCUT2D eigenvalue weighted by molar-refractivity contribution is 0.484. The number of rotatable bonds is 4. The molecule has 1 N–H and O–H groups in total. The molecule has 0 aromatic heterocycles. The zero-order chi connectivity index (χ0) is 17.4. The summed E-state index contributed by atoms with van der Waals surface area (Å²) in [5.41, 5.74) is 0. The third-order valence-corrected chi connectivity index (χ3v) is 9.27. The summed E-state index contributed by atoms with van der Waals surface area (Å²) in [6.07, 6.45) is 0. The van der Waals surface area contributed by atoms with Crippen molar-refractivity contribution in [1.82, 2.24) is 0 Å². The topological polar surface area (TPSA) is 20.2 Å². The van der Waals surface area contributed by atoms with E-state index in [2.05, 4.69) is 51.4 Å². The lowest BCUT2D eigenvalue weighted by atomic mass is 10.3. The van der Waals surface area contributed by atoms with Gasteiger partial charge in [0.15, 0.2) is 0 Å². The quantitative estimate of drug-likeness (QED) is 0.652. The predicted molar refractivity (Wildman–Crippen MR) is 108 cm³/mol. The second-order valence-corrected chi connectivity index (χ2v) is 19.5. The number of aromatic hydroxyl groups is 1. The third kappa shape index (κ3) is 4.31. The molecule has 2 rings (SSSR count). The summed E-state index contributed by atoms with van der Waals surface area (Å²) in [5.74, 6) is 0.186. The van der Waals surface area contributed by atoms with Crippen LogP contribution in [-0.2, 0) is 0 Å². The smallest absolute Gasteiger partial charge is 0.130 e. The van der Waals surface area contributed by atoms with Crippen LogP contribution >= 0.6 is 8.58 Å². The zero-order valence-corrected chi connectivity index (χ0v) is 17.8. The fourth-order valence-corrected chi connectivity index (χ4v) is 6.60. The maximum absolute atomic E-state index is 14.0. The highest BCUT2D eigenvalue weighted by Gasteiger charge is 2.27. The summed E-state index contributed by atoms with van der Waals surface area (Å²) >= 11 is 0. The van der Waals surface area contributed by atoms with Crippen LogP contribution in [0.5, 0.6) is 5.75 Å². The molecule has 0 aliphatic carbocycles. The maximum atomic E-state index is 14.0. The van der Waals surface area contributed by atoms with Gasteiger partial charge in [-0.2, -0.15) is 0 Å². The van der Waals surface area contributed by atoms with E-state index >= 15 is 0 Å². The second-order valence-electron chi connectivity index (χ2n) is 8.02. The van der Waals surface area contributed by atoms with E-state index in [0.717, 1.165) is 10.5 Å². The number of hydrogen-bond acceptors (Lipinski definition) is 1. The largest absolute Gasteiger partial charge is 0.507 e. The fourth-order valence-electron chi connectivity index (χ4n) is 2.44. The summed E-state index contributed by atoms with van der Waals surface area (Å²) in [6, 6.07) is 11.2.